The van der Waals surface area contributed by atoms with Gasteiger partial charge in [-0.25, -0.2) is 9.48 Å². The molecule has 7 heteroatoms. The third-order valence-corrected chi connectivity index (χ3v) is 4.64. The molecule has 1 N–H and O–H groups in total. The maximum absolute atomic E-state index is 12.4. The van der Waals surface area contributed by atoms with Gasteiger partial charge in [0.15, 0.2) is 0 Å². The standard InChI is InChI=1S/C22H23N3O4/c1-14(2)21(22(28)29-3)23-19(26)13-25-20(27)11-10-18(24-25)17-9-8-15-6-4-5-7-16(15)12-17/h4-12,14,21H,13H2,1-3H3,(H,23,26). The third kappa shape index (κ3) is 4.68. The topological polar surface area (TPSA) is 90.3 Å². The number of carbonyl (C=O) groups excluding carboxylic acids is 2. The van der Waals surface area contributed by atoms with Gasteiger partial charge in [-0.1, -0.05) is 50.2 Å². The molecule has 1 heterocycles. The average molecular weight is 393 g/mol. The Morgan fingerprint density at radius 1 is 1.07 bits per heavy atom. The molecule has 2 aromatic carbocycles. The van der Waals surface area contributed by atoms with Gasteiger partial charge in [0.25, 0.3) is 5.56 Å². The van der Waals surface area contributed by atoms with E-state index in [-0.39, 0.29) is 12.5 Å². The lowest BCUT2D eigenvalue weighted by Crippen LogP contribution is -2.47. The van der Waals surface area contributed by atoms with Crippen LogP contribution in [-0.2, 0) is 20.9 Å². The van der Waals surface area contributed by atoms with E-state index in [0.717, 1.165) is 21.0 Å². The van der Waals surface area contributed by atoms with Gasteiger partial charge in [0.05, 0.1) is 12.8 Å². The summed E-state index contributed by atoms with van der Waals surface area (Å²) in [6, 6.07) is 16.1. The van der Waals surface area contributed by atoms with Crippen molar-refractivity contribution >= 4 is 22.6 Å². The molecular formula is C22H23N3O4. The SMILES string of the molecule is COC(=O)C(NC(=O)Cn1nc(-c2ccc3ccccc3c2)ccc1=O)C(C)C. The van der Waals surface area contributed by atoms with E-state index in [9.17, 15) is 14.4 Å². The van der Waals surface area contributed by atoms with Crippen LogP contribution < -0.4 is 10.9 Å². The molecule has 0 bridgehead atoms. The number of ether oxygens (including phenoxy) is 1. The van der Waals surface area contributed by atoms with Crippen LogP contribution in [0.25, 0.3) is 22.0 Å². The summed E-state index contributed by atoms with van der Waals surface area (Å²) >= 11 is 0. The fraction of sp³-hybridized carbons (Fsp3) is 0.273. The lowest BCUT2D eigenvalue weighted by molar-refractivity contribution is -0.146. The maximum atomic E-state index is 12.4. The van der Waals surface area contributed by atoms with E-state index in [1.165, 1.54) is 13.2 Å². The van der Waals surface area contributed by atoms with Gasteiger partial charge in [0.2, 0.25) is 5.91 Å². The number of nitrogens with one attached hydrogen (secondary N) is 1. The minimum Gasteiger partial charge on any atom is -0.467 e. The minimum absolute atomic E-state index is 0.153. The van der Waals surface area contributed by atoms with Crippen molar-refractivity contribution in [3.63, 3.8) is 0 Å². The Hall–Kier alpha value is -3.48. The van der Waals surface area contributed by atoms with Crippen LogP contribution >= 0.6 is 0 Å². The first-order chi connectivity index (χ1) is 13.9. The third-order valence-electron chi connectivity index (χ3n) is 4.64. The maximum Gasteiger partial charge on any atom is 0.328 e. The number of hydrogen-bond acceptors (Lipinski definition) is 5. The second-order valence-corrected chi connectivity index (χ2v) is 7.09. The summed E-state index contributed by atoms with van der Waals surface area (Å²) in [5, 5.41) is 9.11. The van der Waals surface area contributed by atoms with Crippen molar-refractivity contribution in [3.8, 4) is 11.3 Å². The molecule has 1 aromatic heterocycles. The normalized spacial score (nSPS) is 12.0. The molecule has 1 amide bonds. The van der Waals surface area contributed by atoms with Crippen molar-refractivity contribution in [2.75, 3.05) is 7.11 Å². The molecule has 0 radical (unpaired) electrons. The molecule has 150 valence electrons. The highest BCUT2D eigenvalue weighted by atomic mass is 16.5. The highest BCUT2D eigenvalue weighted by Crippen LogP contribution is 2.22. The van der Waals surface area contributed by atoms with Gasteiger partial charge in [-0.2, -0.15) is 5.10 Å². The van der Waals surface area contributed by atoms with E-state index in [1.54, 1.807) is 19.9 Å². The van der Waals surface area contributed by atoms with Crippen LogP contribution in [-0.4, -0.2) is 34.8 Å². The first kappa shape index (κ1) is 20.3. The van der Waals surface area contributed by atoms with E-state index in [1.807, 2.05) is 42.5 Å². The van der Waals surface area contributed by atoms with Crippen LogP contribution in [0.1, 0.15) is 13.8 Å². The van der Waals surface area contributed by atoms with Gasteiger partial charge in [0.1, 0.15) is 12.6 Å². The minimum atomic E-state index is -0.785. The zero-order valence-corrected chi connectivity index (χ0v) is 16.6. The van der Waals surface area contributed by atoms with E-state index in [0.29, 0.717) is 5.69 Å². The van der Waals surface area contributed by atoms with Crippen LogP contribution in [0.15, 0.2) is 59.4 Å². The number of benzene rings is 2. The number of fused-ring (bicyclic) bond motifs is 1. The molecule has 0 spiro atoms. The molecule has 0 aliphatic rings. The van der Waals surface area contributed by atoms with E-state index in [4.69, 9.17) is 4.74 Å². The fourth-order valence-corrected chi connectivity index (χ4v) is 3.04. The number of rotatable bonds is 6. The van der Waals surface area contributed by atoms with Crippen molar-refractivity contribution < 1.29 is 14.3 Å². The van der Waals surface area contributed by atoms with Gasteiger partial charge in [-0.3, -0.25) is 9.59 Å². The number of amides is 1. The monoisotopic (exact) mass is 393 g/mol. The van der Waals surface area contributed by atoms with E-state index >= 15 is 0 Å². The van der Waals surface area contributed by atoms with Crippen LogP contribution in [0, 0.1) is 5.92 Å². The van der Waals surface area contributed by atoms with Crippen LogP contribution in [0.3, 0.4) is 0 Å². The predicted molar refractivity (Wildman–Crippen MR) is 110 cm³/mol. The molecule has 0 aliphatic heterocycles. The van der Waals surface area contributed by atoms with Gasteiger partial charge >= 0.3 is 5.97 Å². The second-order valence-electron chi connectivity index (χ2n) is 7.09. The summed E-state index contributed by atoms with van der Waals surface area (Å²) < 4.78 is 5.81. The molecular weight excluding hydrogens is 370 g/mol. The second kappa shape index (κ2) is 8.68. The molecule has 29 heavy (non-hydrogen) atoms. The number of hydrogen-bond donors (Lipinski definition) is 1. The van der Waals surface area contributed by atoms with Crippen molar-refractivity contribution in [2.45, 2.75) is 26.4 Å². The van der Waals surface area contributed by atoms with Gasteiger partial charge in [-0.05, 0) is 28.8 Å². The summed E-state index contributed by atoms with van der Waals surface area (Å²) in [5.41, 5.74) is 1.02. The van der Waals surface area contributed by atoms with E-state index in [2.05, 4.69) is 10.4 Å². The Kier molecular flexibility index (Phi) is 6.07. The largest absolute Gasteiger partial charge is 0.467 e. The lowest BCUT2D eigenvalue weighted by atomic mass is 10.0. The van der Waals surface area contributed by atoms with Crippen molar-refractivity contribution in [1.29, 1.82) is 0 Å². The number of methoxy groups -OCH3 is 1. The first-order valence-electron chi connectivity index (χ1n) is 9.33. The summed E-state index contributed by atoms with van der Waals surface area (Å²) in [5.74, 6) is -1.17. The first-order valence-corrected chi connectivity index (χ1v) is 9.33. The molecule has 3 aromatic rings. The zero-order chi connectivity index (χ0) is 21.0. The Morgan fingerprint density at radius 2 is 1.79 bits per heavy atom. The summed E-state index contributed by atoms with van der Waals surface area (Å²) in [6.45, 7) is 3.31. The average Bonchev–Trinajstić information content (AvgIpc) is 2.72. The Labute approximate surface area is 168 Å². The zero-order valence-electron chi connectivity index (χ0n) is 16.6. The summed E-state index contributed by atoms with van der Waals surface area (Å²) in [7, 11) is 1.27. The molecule has 3 rings (SSSR count). The molecule has 1 atom stereocenters. The lowest BCUT2D eigenvalue weighted by Gasteiger charge is -2.19. The van der Waals surface area contributed by atoms with Crippen LogP contribution in [0.2, 0.25) is 0 Å². The van der Waals surface area contributed by atoms with Crippen LogP contribution in [0.5, 0.6) is 0 Å². The predicted octanol–water partition coefficient (Wildman–Crippen LogP) is 2.38. The Morgan fingerprint density at radius 3 is 2.48 bits per heavy atom. The van der Waals surface area contributed by atoms with Gasteiger partial charge in [0, 0.05) is 11.6 Å². The Balaban J connectivity index is 1.84. The molecule has 0 aliphatic carbocycles. The quantitative estimate of drug-likeness (QED) is 0.650. The fourth-order valence-electron chi connectivity index (χ4n) is 3.04. The van der Waals surface area contributed by atoms with Crippen molar-refractivity contribution in [1.82, 2.24) is 15.1 Å². The van der Waals surface area contributed by atoms with Gasteiger partial charge < -0.3 is 10.1 Å². The molecule has 0 saturated carbocycles. The number of nitrogens with zero attached hydrogens (tertiary/aromatic N) is 2. The van der Waals surface area contributed by atoms with Gasteiger partial charge in [-0.15, -0.1) is 0 Å². The molecule has 0 saturated heterocycles. The molecule has 7 nitrogen and oxygen atoms in total. The van der Waals surface area contributed by atoms with Crippen LogP contribution in [0.4, 0.5) is 0 Å². The summed E-state index contributed by atoms with van der Waals surface area (Å²) in [6.07, 6.45) is 0. The highest BCUT2D eigenvalue weighted by molar-refractivity contribution is 5.87. The molecule has 1 unspecified atom stereocenters. The number of carbonyl (C=O) groups is 2. The van der Waals surface area contributed by atoms with Crippen molar-refractivity contribution in [3.05, 3.63) is 65.0 Å². The molecule has 0 fully saturated rings. The number of esters is 1. The van der Waals surface area contributed by atoms with E-state index < -0.39 is 23.5 Å². The Bertz CT molecular complexity index is 1100. The summed E-state index contributed by atoms with van der Waals surface area (Å²) in [4.78, 5) is 36.4. The highest BCUT2D eigenvalue weighted by Gasteiger charge is 2.25. The smallest absolute Gasteiger partial charge is 0.328 e. The van der Waals surface area contributed by atoms with Crippen molar-refractivity contribution in [2.24, 2.45) is 5.92 Å². The number of aromatic nitrogens is 2.